The second-order valence-corrected chi connectivity index (χ2v) is 7.09. The van der Waals surface area contributed by atoms with Crippen LogP contribution in [0.3, 0.4) is 0 Å². The highest BCUT2D eigenvalue weighted by molar-refractivity contribution is 5.82. The van der Waals surface area contributed by atoms with Crippen molar-refractivity contribution < 1.29 is 4.74 Å². The van der Waals surface area contributed by atoms with Crippen molar-refractivity contribution in [3.63, 3.8) is 0 Å². The molecule has 0 atom stereocenters. The molecule has 0 saturated heterocycles. The number of nitriles is 1. The first-order valence-corrected chi connectivity index (χ1v) is 9.93. The minimum absolute atomic E-state index is 0.448. The van der Waals surface area contributed by atoms with Gasteiger partial charge in [-0.2, -0.15) is 10.4 Å². The predicted octanol–water partition coefficient (Wildman–Crippen LogP) is 5.51. The molecule has 5 nitrogen and oxygen atoms in total. The average Bonchev–Trinajstić information content (AvgIpc) is 3.27. The maximum absolute atomic E-state index is 9.40. The van der Waals surface area contributed by atoms with Crippen molar-refractivity contribution >= 4 is 5.65 Å². The standard InChI is InChI=1S/C26H18N4O/c27-15-22-16-29-30-25(24(17-28-26(22)30)20-9-5-2-6-10-20)21-11-13-23(14-12-21)31-18-19-7-3-1-4-8-19/h1-14,16-17H,18H2. The summed E-state index contributed by atoms with van der Waals surface area (Å²) in [6.45, 7) is 0.514. The Labute approximate surface area is 179 Å². The van der Waals surface area contributed by atoms with Crippen molar-refractivity contribution in [3.8, 4) is 34.2 Å². The lowest BCUT2D eigenvalue weighted by Crippen LogP contribution is -2.00. The Bertz CT molecular complexity index is 1370. The van der Waals surface area contributed by atoms with Gasteiger partial charge in [-0.25, -0.2) is 9.50 Å². The first-order valence-electron chi connectivity index (χ1n) is 9.93. The summed E-state index contributed by atoms with van der Waals surface area (Å²) in [5.41, 5.74) is 5.93. The van der Waals surface area contributed by atoms with Crippen molar-refractivity contribution in [2.24, 2.45) is 0 Å². The van der Waals surface area contributed by atoms with Gasteiger partial charge >= 0.3 is 0 Å². The van der Waals surface area contributed by atoms with Crippen LogP contribution in [0.4, 0.5) is 0 Å². The Balaban J connectivity index is 1.55. The van der Waals surface area contributed by atoms with E-state index < -0.39 is 0 Å². The van der Waals surface area contributed by atoms with E-state index in [-0.39, 0.29) is 0 Å². The number of benzene rings is 3. The summed E-state index contributed by atoms with van der Waals surface area (Å²) in [6.07, 6.45) is 3.36. The molecule has 3 aromatic carbocycles. The van der Waals surface area contributed by atoms with Crippen molar-refractivity contribution in [1.29, 1.82) is 5.26 Å². The van der Waals surface area contributed by atoms with Gasteiger partial charge in [0.2, 0.25) is 0 Å². The molecule has 0 spiro atoms. The van der Waals surface area contributed by atoms with E-state index in [1.165, 1.54) is 0 Å². The molecule has 5 rings (SSSR count). The van der Waals surface area contributed by atoms with Crippen LogP contribution in [0, 0.1) is 11.3 Å². The van der Waals surface area contributed by atoms with Gasteiger partial charge < -0.3 is 4.74 Å². The van der Waals surface area contributed by atoms with Crippen molar-refractivity contribution in [2.45, 2.75) is 6.61 Å². The van der Waals surface area contributed by atoms with Gasteiger partial charge in [-0.1, -0.05) is 60.7 Å². The Hall–Kier alpha value is -4.43. The highest BCUT2D eigenvalue weighted by atomic mass is 16.5. The summed E-state index contributed by atoms with van der Waals surface area (Å²) >= 11 is 0. The van der Waals surface area contributed by atoms with E-state index in [1.54, 1.807) is 10.7 Å². The van der Waals surface area contributed by atoms with Crippen LogP contribution in [0.1, 0.15) is 11.1 Å². The number of hydrogen-bond acceptors (Lipinski definition) is 4. The minimum Gasteiger partial charge on any atom is -0.489 e. The molecule has 0 amide bonds. The number of fused-ring (bicyclic) bond motifs is 1. The maximum atomic E-state index is 9.40. The molecule has 31 heavy (non-hydrogen) atoms. The summed E-state index contributed by atoms with van der Waals surface area (Å²) < 4.78 is 7.67. The molecule has 0 aliphatic carbocycles. The van der Waals surface area contributed by atoms with Gasteiger partial charge in [0.1, 0.15) is 24.0 Å². The number of aromatic nitrogens is 3. The first-order chi connectivity index (χ1) is 15.3. The molecule has 2 heterocycles. The Kier molecular flexibility index (Phi) is 4.88. The molecular weight excluding hydrogens is 384 g/mol. The molecule has 0 unspecified atom stereocenters. The number of nitrogens with zero attached hydrogens (tertiary/aromatic N) is 4. The monoisotopic (exact) mass is 402 g/mol. The number of hydrogen-bond donors (Lipinski definition) is 0. The zero-order valence-electron chi connectivity index (χ0n) is 16.6. The Morgan fingerprint density at radius 1 is 0.806 bits per heavy atom. The van der Waals surface area contributed by atoms with Gasteiger partial charge in [-0.05, 0) is 35.4 Å². The summed E-state index contributed by atoms with van der Waals surface area (Å²) in [5, 5.41) is 13.9. The van der Waals surface area contributed by atoms with E-state index in [9.17, 15) is 5.26 Å². The minimum atomic E-state index is 0.448. The lowest BCUT2D eigenvalue weighted by Gasteiger charge is -2.13. The number of rotatable bonds is 5. The van der Waals surface area contributed by atoms with E-state index in [4.69, 9.17) is 4.74 Å². The van der Waals surface area contributed by atoms with Gasteiger partial charge in [0.05, 0.1) is 11.9 Å². The van der Waals surface area contributed by atoms with Crippen molar-refractivity contribution in [2.75, 3.05) is 0 Å². The second-order valence-electron chi connectivity index (χ2n) is 7.09. The highest BCUT2D eigenvalue weighted by Crippen LogP contribution is 2.33. The summed E-state index contributed by atoms with van der Waals surface area (Å²) in [6, 6.07) is 30.2. The second kappa shape index (κ2) is 8.13. The molecule has 0 fully saturated rings. The van der Waals surface area contributed by atoms with Crippen LogP contribution in [-0.4, -0.2) is 14.6 Å². The maximum Gasteiger partial charge on any atom is 0.173 e. The third-order valence-electron chi connectivity index (χ3n) is 5.11. The van der Waals surface area contributed by atoms with Gasteiger partial charge in [0.15, 0.2) is 5.65 Å². The molecule has 148 valence electrons. The summed E-state index contributed by atoms with van der Waals surface area (Å²) in [7, 11) is 0. The van der Waals surface area contributed by atoms with E-state index in [0.29, 0.717) is 17.8 Å². The van der Waals surface area contributed by atoms with Crippen LogP contribution >= 0.6 is 0 Å². The Morgan fingerprint density at radius 3 is 2.23 bits per heavy atom. The third kappa shape index (κ3) is 3.63. The molecular formula is C26H18N4O. The van der Waals surface area contributed by atoms with Gasteiger partial charge in [-0.3, -0.25) is 0 Å². The van der Waals surface area contributed by atoms with E-state index in [1.807, 2.05) is 91.1 Å². The third-order valence-corrected chi connectivity index (χ3v) is 5.11. The topological polar surface area (TPSA) is 63.2 Å². The average molecular weight is 402 g/mol. The fourth-order valence-electron chi connectivity index (χ4n) is 3.57. The van der Waals surface area contributed by atoms with E-state index in [2.05, 4.69) is 16.2 Å². The van der Waals surface area contributed by atoms with Gasteiger partial charge in [0.25, 0.3) is 0 Å². The fourth-order valence-corrected chi connectivity index (χ4v) is 3.57. The molecule has 0 N–H and O–H groups in total. The molecule has 0 aliphatic heterocycles. The van der Waals surface area contributed by atoms with Gasteiger partial charge in [-0.15, -0.1) is 0 Å². The van der Waals surface area contributed by atoms with Crippen LogP contribution in [0.5, 0.6) is 5.75 Å². The quantitative estimate of drug-likeness (QED) is 0.389. The molecule has 0 bridgehead atoms. The van der Waals surface area contributed by atoms with E-state index in [0.717, 1.165) is 33.7 Å². The Morgan fingerprint density at radius 2 is 1.52 bits per heavy atom. The normalized spacial score (nSPS) is 10.7. The molecule has 0 saturated carbocycles. The number of ether oxygens (including phenoxy) is 1. The van der Waals surface area contributed by atoms with Crippen LogP contribution in [0.2, 0.25) is 0 Å². The van der Waals surface area contributed by atoms with Crippen LogP contribution in [0.15, 0.2) is 97.3 Å². The zero-order chi connectivity index (χ0) is 21.0. The largest absolute Gasteiger partial charge is 0.489 e. The molecule has 0 radical (unpaired) electrons. The van der Waals surface area contributed by atoms with Crippen LogP contribution in [-0.2, 0) is 6.61 Å². The molecule has 5 heteroatoms. The smallest absolute Gasteiger partial charge is 0.173 e. The zero-order valence-corrected chi connectivity index (χ0v) is 16.6. The van der Waals surface area contributed by atoms with Crippen molar-refractivity contribution in [1.82, 2.24) is 14.6 Å². The highest BCUT2D eigenvalue weighted by Gasteiger charge is 2.16. The SMILES string of the molecule is N#Cc1cnn2c(-c3ccc(OCc4ccccc4)cc3)c(-c3ccccc3)cnc12. The molecule has 0 aliphatic rings. The molecule has 2 aromatic heterocycles. The fraction of sp³-hybridized carbons (Fsp3) is 0.0385. The predicted molar refractivity (Wildman–Crippen MR) is 119 cm³/mol. The van der Waals surface area contributed by atoms with Crippen LogP contribution < -0.4 is 4.74 Å². The lowest BCUT2D eigenvalue weighted by molar-refractivity contribution is 0.306. The lowest BCUT2D eigenvalue weighted by atomic mass is 10.0. The van der Waals surface area contributed by atoms with E-state index >= 15 is 0 Å². The van der Waals surface area contributed by atoms with Gasteiger partial charge in [0, 0.05) is 17.3 Å². The first kappa shape index (κ1) is 18.6. The summed E-state index contributed by atoms with van der Waals surface area (Å²) in [4.78, 5) is 4.51. The summed E-state index contributed by atoms with van der Waals surface area (Å²) in [5.74, 6) is 0.789. The molecule has 5 aromatic rings. The van der Waals surface area contributed by atoms with Crippen LogP contribution in [0.25, 0.3) is 28.0 Å². The van der Waals surface area contributed by atoms with Crippen molar-refractivity contribution in [3.05, 3.63) is 108 Å².